The Morgan fingerprint density at radius 3 is 2.61 bits per heavy atom. The van der Waals surface area contributed by atoms with E-state index in [4.69, 9.17) is 17.3 Å². The van der Waals surface area contributed by atoms with E-state index in [1.54, 1.807) is 12.3 Å². The number of nitrogens with zero attached hydrogens (tertiary/aromatic N) is 1. The average molecular weight is 259 g/mol. The zero-order chi connectivity index (χ0) is 13.1. The van der Waals surface area contributed by atoms with Crippen LogP contribution in [0, 0.1) is 6.92 Å². The van der Waals surface area contributed by atoms with Gasteiger partial charge in [0, 0.05) is 22.5 Å². The summed E-state index contributed by atoms with van der Waals surface area (Å²) in [5.41, 5.74) is 10.6. The number of halogens is 1. The molecule has 2 aromatic carbocycles. The standard InChI is InChI=1S/C15H15ClN2/c1-3-18-15-7-4-11(8-10(15)2)13-9-12(17)5-6-14(13)16/h3-9H,17H2,1-2H3/b18-3-. The van der Waals surface area contributed by atoms with E-state index in [2.05, 4.69) is 11.1 Å². The van der Waals surface area contributed by atoms with Crippen LogP contribution in [-0.2, 0) is 0 Å². The summed E-state index contributed by atoms with van der Waals surface area (Å²) >= 11 is 6.20. The predicted octanol–water partition coefficient (Wildman–Crippen LogP) is 4.62. The number of anilines is 1. The first-order valence-corrected chi connectivity index (χ1v) is 6.14. The molecule has 0 saturated heterocycles. The van der Waals surface area contributed by atoms with Crippen LogP contribution in [0.4, 0.5) is 11.4 Å². The molecule has 3 heteroatoms. The summed E-state index contributed by atoms with van der Waals surface area (Å²) in [5.74, 6) is 0. The summed E-state index contributed by atoms with van der Waals surface area (Å²) in [6.07, 6.45) is 1.79. The molecule has 18 heavy (non-hydrogen) atoms. The Morgan fingerprint density at radius 2 is 1.94 bits per heavy atom. The molecule has 0 heterocycles. The van der Waals surface area contributed by atoms with Crippen molar-refractivity contribution in [3.05, 3.63) is 47.0 Å². The second-order valence-electron chi connectivity index (χ2n) is 4.13. The number of hydrogen-bond donors (Lipinski definition) is 1. The fourth-order valence-electron chi connectivity index (χ4n) is 1.87. The molecular formula is C15H15ClN2. The highest BCUT2D eigenvalue weighted by Crippen LogP contribution is 2.32. The summed E-state index contributed by atoms with van der Waals surface area (Å²) < 4.78 is 0. The van der Waals surface area contributed by atoms with Crippen LogP contribution < -0.4 is 5.73 Å². The first-order chi connectivity index (χ1) is 8.61. The summed E-state index contributed by atoms with van der Waals surface area (Å²) in [6.45, 7) is 3.94. The maximum Gasteiger partial charge on any atom is 0.0655 e. The van der Waals surface area contributed by atoms with Crippen LogP contribution in [-0.4, -0.2) is 6.21 Å². The van der Waals surface area contributed by atoms with Gasteiger partial charge < -0.3 is 5.73 Å². The van der Waals surface area contributed by atoms with Crippen molar-refractivity contribution in [3.8, 4) is 11.1 Å². The Hall–Kier alpha value is -1.80. The Morgan fingerprint density at radius 1 is 1.17 bits per heavy atom. The van der Waals surface area contributed by atoms with E-state index in [-0.39, 0.29) is 0 Å². The number of hydrogen-bond acceptors (Lipinski definition) is 2. The Labute approximate surface area is 112 Å². The van der Waals surface area contributed by atoms with Gasteiger partial charge in [-0.1, -0.05) is 17.7 Å². The average Bonchev–Trinajstić information content (AvgIpc) is 2.35. The molecule has 2 rings (SSSR count). The molecule has 92 valence electrons. The smallest absolute Gasteiger partial charge is 0.0655 e. The van der Waals surface area contributed by atoms with Gasteiger partial charge in [0.25, 0.3) is 0 Å². The van der Waals surface area contributed by atoms with Crippen LogP contribution in [0.15, 0.2) is 41.4 Å². The topological polar surface area (TPSA) is 38.4 Å². The lowest BCUT2D eigenvalue weighted by Gasteiger charge is -2.08. The molecule has 0 spiro atoms. The molecule has 2 N–H and O–H groups in total. The highest BCUT2D eigenvalue weighted by atomic mass is 35.5. The van der Waals surface area contributed by atoms with E-state index in [9.17, 15) is 0 Å². The Balaban J connectivity index is 2.52. The van der Waals surface area contributed by atoms with Gasteiger partial charge >= 0.3 is 0 Å². The number of aryl methyl sites for hydroxylation is 1. The van der Waals surface area contributed by atoms with Gasteiger partial charge in [-0.15, -0.1) is 0 Å². The van der Waals surface area contributed by atoms with Gasteiger partial charge in [0.2, 0.25) is 0 Å². The number of aliphatic imine (C=N–C) groups is 1. The molecule has 2 aromatic rings. The molecule has 0 aliphatic heterocycles. The maximum absolute atomic E-state index is 6.20. The van der Waals surface area contributed by atoms with Gasteiger partial charge in [0.15, 0.2) is 0 Å². The highest BCUT2D eigenvalue weighted by molar-refractivity contribution is 6.33. The van der Waals surface area contributed by atoms with Crippen molar-refractivity contribution in [2.24, 2.45) is 4.99 Å². The number of nitrogens with two attached hydrogens (primary N) is 1. The Kier molecular flexibility index (Phi) is 3.68. The van der Waals surface area contributed by atoms with Crippen molar-refractivity contribution in [3.63, 3.8) is 0 Å². The van der Waals surface area contributed by atoms with E-state index in [0.717, 1.165) is 22.4 Å². The van der Waals surface area contributed by atoms with E-state index >= 15 is 0 Å². The molecule has 0 bridgehead atoms. The first-order valence-electron chi connectivity index (χ1n) is 5.76. The van der Waals surface area contributed by atoms with Gasteiger partial charge in [-0.05, 0) is 55.3 Å². The molecular weight excluding hydrogens is 244 g/mol. The lowest BCUT2D eigenvalue weighted by Crippen LogP contribution is -1.87. The monoisotopic (exact) mass is 258 g/mol. The molecule has 0 saturated carbocycles. The normalized spacial score (nSPS) is 11.1. The zero-order valence-corrected chi connectivity index (χ0v) is 11.2. The summed E-state index contributed by atoms with van der Waals surface area (Å²) in [7, 11) is 0. The van der Waals surface area contributed by atoms with Crippen molar-refractivity contribution < 1.29 is 0 Å². The van der Waals surface area contributed by atoms with Crippen molar-refractivity contribution in [1.82, 2.24) is 0 Å². The second-order valence-corrected chi connectivity index (χ2v) is 4.54. The Bertz CT molecular complexity index is 603. The fourth-order valence-corrected chi connectivity index (χ4v) is 2.10. The van der Waals surface area contributed by atoms with Crippen LogP contribution in [0.5, 0.6) is 0 Å². The van der Waals surface area contributed by atoms with Crippen molar-refractivity contribution in [2.75, 3.05) is 5.73 Å². The van der Waals surface area contributed by atoms with E-state index in [1.807, 2.05) is 38.1 Å². The van der Waals surface area contributed by atoms with Crippen molar-refractivity contribution in [2.45, 2.75) is 13.8 Å². The second kappa shape index (κ2) is 5.23. The van der Waals surface area contributed by atoms with E-state index < -0.39 is 0 Å². The number of benzene rings is 2. The van der Waals surface area contributed by atoms with Crippen LogP contribution in [0.2, 0.25) is 5.02 Å². The minimum atomic E-state index is 0.704. The number of nitrogen functional groups attached to an aromatic ring is 1. The van der Waals surface area contributed by atoms with Crippen molar-refractivity contribution >= 4 is 29.2 Å². The van der Waals surface area contributed by atoms with Gasteiger partial charge in [-0.3, -0.25) is 4.99 Å². The van der Waals surface area contributed by atoms with E-state index in [0.29, 0.717) is 10.7 Å². The molecule has 0 unspecified atom stereocenters. The van der Waals surface area contributed by atoms with Crippen LogP contribution in [0.3, 0.4) is 0 Å². The van der Waals surface area contributed by atoms with Crippen LogP contribution in [0.25, 0.3) is 11.1 Å². The summed E-state index contributed by atoms with van der Waals surface area (Å²) in [4.78, 5) is 4.30. The molecule has 0 amide bonds. The van der Waals surface area contributed by atoms with Gasteiger partial charge in [-0.25, -0.2) is 0 Å². The molecule has 2 nitrogen and oxygen atoms in total. The quantitative estimate of drug-likeness (QED) is 0.619. The molecule has 0 aromatic heterocycles. The SMILES string of the molecule is C/C=N\c1ccc(-c2cc(N)ccc2Cl)cc1C. The first kappa shape index (κ1) is 12.7. The van der Waals surface area contributed by atoms with Crippen LogP contribution in [0.1, 0.15) is 12.5 Å². The predicted molar refractivity (Wildman–Crippen MR) is 79.9 cm³/mol. The summed E-state index contributed by atoms with van der Waals surface area (Å²) in [5, 5.41) is 0.704. The lowest BCUT2D eigenvalue weighted by atomic mass is 10.0. The van der Waals surface area contributed by atoms with Crippen molar-refractivity contribution in [1.29, 1.82) is 0 Å². The molecule has 0 aliphatic rings. The van der Waals surface area contributed by atoms with Crippen LogP contribution >= 0.6 is 11.6 Å². The van der Waals surface area contributed by atoms with Gasteiger partial charge in [0.05, 0.1) is 5.69 Å². The zero-order valence-electron chi connectivity index (χ0n) is 10.4. The third-order valence-electron chi connectivity index (χ3n) is 2.77. The minimum absolute atomic E-state index is 0.704. The van der Waals surface area contributed by atoms with Gasteiger partial charge in [-0.2, -0.15) is 0 Å². The fraction of sp³-hybridized carbons (Fsp3) is 0.133. The third kappa shape index (κ3) is 2.54. The highest BCUT2D eigenvalue weighted by Gasteiger charge is 2.06. The largest absolute Gasteiger partial charge is 0.399 e. The third-order valence-corrected chi connectivity index (χ3v) is 3.10. The lowest BCUT2D eigenvalue weighted by molar-refractivity contribution is 1.40. The number of rotatable bonds is 2. The molecule has 0 radical (unpaired) electrons. The molecule has 0 atom stereocenters. The van der Waals surface area contributed by atoms with Gasteiger partial charge in [0.1, 0.15) is 0 Å². The summed E-state index contributed by atoms with van der Waals surface area (Å²) in [6, 6.07) is 11.6. The molecule has 0 aliphatic carbocycles. The minimum Gasteiger partial charge on any atom is -0.399 e. The van der Waals surface area contributed by atoms with E-state index in [1.165, 1.54) is 0 Å². The maximum atomic E-state index is 6.20. The molecule has 0 fully saturated rings.